The van der Waals surface area contributed by atoms with E-state index in [4.69, 9.17) is 0 Å². The Morgan fingerprint density at radius 3 is 2.80 bits per heavy atom. The van der Waals surface area contributed by atoms with Crippen LogP contribution in [0.3, 0.4) is 0 Å². The van der Waals surface area contributed by atoms with Gasteiger partial charge in [-0.05, 0) is 24.5 Å². The second-order valence-corrected chi connectivity index (χ2v) is 4.93. The van der Waals surface area contributed by atoms with Gasteiger partial charge in [-0.1, -0.05) is 13.0 Å². The Balaban J connectivity index is 2.15. The van der Waals surface area contributed by atoms with Crippen molar-refractivity contribution in [2.45, 2.75) is 13.3 Å². The van der Waals surface area contributed by atoms with Gasteiger partial charge in [0.25, 0.3) is 0 Å². The Morgan fingerprint density at radius 1 is 1.45 bits per heavy atom. The van der Waals surface area contributed by atoms with Gasteiger partial charge in [-0.25, -0.2) is 0 Å². The highest BCUT2D eigenvalue weighted by molar-refractivity contribution is 6.06. The van der Waals surface area contributed by atoms with Gasteiger partial charge in [0, 0.05) is 23.5 Å². The predicted octanol–water partition coefficient (Wildman–Crippen LogP) is 2.09. The van der Waals surface area contributed by atoms with E-state index in [1.807, 2.05) is 6.92 Å². The number of benzene rings is 1. The van der Waals surface area contributed by atoms with E-state index in [2.05, 4.69) is 10.1 Å². The number of phenols is 1. The van der Waals surface area contributed by atoms with Gasteiger partial charge in [-0.3, -0.25) is 9.59 Å². The summed E-state index contributed by atoms with van der Waals surface area (Å²) >= 11 is 0. The summed E-state index contributed by atoms with van der Waals surface area (Å²) in [5, 5.41) is 12.5. The summed E-state index contributed by atoms with van der Waals surface area (Å²) < 4.78 is 4.66. The summed E-state index contributed by atoms with van der Waals surface area (Å²) in [6.07, 6.45) is 2.01. The van der Waals surface area contributed by atoms with Crippen LogP contribution in [0.2, 0.25) is 0 Å². The van der Waals surface area contributed by atoms with Crippen LogP contribution in [-0.4, -0.2) is 24.0 Å². The number of methoxy groups -OCH3 is 1. The van der Waals surface area contributed by atoms with Gasteiger partial charge in [-0.2, -0.15) is 0 Å². The Bertz CT molecular complexity index is 565. The summed E-state index contributed by atoms with van der Waals surface area (Å²) in [6.45, 7) is 1.84. The van der Waals surface area contributed by atoms with Crippen molar-refractivity contribution >= 4 is 17.4 Å². The predicted molar refractivity (Wildman–Crippen MR) is 74.1 cm³/mol. The Morgan fingerprint density at radius 2 is 2.20 bits per heavy atom. The molecule has 0 radical (unpaired) electrons. The molecular weight excluding hydrogens is 258 g/mol. The zero-order chi connectivity index (χ0) is 14.7. The number of hydrogen-bond acceptors (Lipinski definition) is 5. The van der Waals surface area contributed by atoms with Gasteiger partial charge >= 0.3 is 5.97 Å². The lowest BCUT2D eigenvalue weighted by Crippen LogP contribution is -2.34. The van der Waals surface area contributed by atoms with Crippen molar-refractivity contribution in [2.75, 3.05) is 12.4 Å². The lowest BCUT2D eigenvalue weighted by molar-refractivity contribution is -0.150. The van der Waals surface area contributed by atoms with Crippen LogP contribution in [0.1, 0.15) is 13.3 Å². The van der Waals surface area contributed by atoms with Crippen LogP contribution < -0.4 is 5.32 Å². The molecule has 0 saturated carbocycles. The molecule has 1 aliphatic rings. The van der Waals surface area contributed by atoms with Gasteiger partial charge in [0.15, 0.2) is 5.78 Å². The number of phenolic OH excluding ortho intramolecular Hbond substituents is 1. The van der Waals surface area contributed by atoms with Crippen molar-refractivity contribution in [1.29, 1.82) is 0 Å². The fraction of sp³-hybridized carbons (Fsp3) is 0.333. The summed E-state index contributed by atoms with van der Waals surface area (Å²) in [5.41, 5.74) is 1.43. The number of esters is 1. The van der Waals surface area contributed by atoms with Crippen LogP contribution in [0, 0.1) is 11.8 Å². The van der Waals surface area contributed by atoms with Gasteiger partial charge < -0.3 is 15.2 Å². The lowest BCUT2D eigenvalue weighted by Gasteiger charge is -2.26. The zero-order valence-electron chi connectivity index (χ0n) is 11.4. The number of nitrogens with one attached hydrogen (secondary N) is 1. The largest absolute Gasteiger partial charge is 0.508 e. The smallest absolute Gasteiger partial charge is 0.316 e. The van der Waals surface area contributed by atoms with Crippen molar-refractivity contribution in [1.82, 2.24) is 0 Å². The number of hydrogen-bond donors (Lipinski definition) is 2. The molecule has 0 aliphatic heterocycles. The standard InChI is InChI=1S/C15H17NO4/c1-9-6-11(8-13(18)14(9)15(19)20-2)16-10-4-3-5-12(17)7-10/h3-5,7-9,14,16-17H,6H2,1-2H3/t9-,14+/m1/s1. The number of allylic oxidation sites excluding steroid dienone is 2. The fourth-order valence-corrected chi connectivity index (χ4v) is 2.40. The maximum atomic E-state index is 12.0. The van der Waals surface area contributed by atoms with Crippen molar-refractivity contribution in [3.05, 3.63) is 36.0 Å². The van der Waals surface area contributed by atoms with Gasteiger partial charge in [-0.15, -0.1) is 0 Å². The van der Waals surface area contributed by atoms with Crippen molar-refractivity contribution in [2.24, 2.45) is 11.8 Å². The number of ketones is 1. The molecule has 2 rings (SSSR count). The molecule has 0 heterocycles. The van der Waals surface area contributed by atoms with E-state index < -0.39 is 11.9 Å². The summed E-state index contributed by atoms with van der Waals surface area (Å²) in [5.74, 6) is -1.44. The molecule has 0 amide bonds. The van der Waals surface area contributed by atoms with E-state index in [1.165, 1.54) is 13.2 Å². The van der Waals surface area contributed by atoms with E-state index in [0.717, 1.165) is 5.70 Å². The van der Waals surface area contributed by atoms with Crippen LogP contribution in [0.4, 0.5) is 5.69 Å². The molecule has 1 aromatic carbocycles. The number of ether oxygens (including phenoxy) is 1. The first kappa shape index (κ1) is 14.1. The van der Waals surface area contributed by atoms with E-state index >= 15 is 0 Å². The van der Waals surface area contributed by atoms with Gasteiger partial charge in [0.1, 0.15) is 11.7 Å². The average molecular weight is 275 g/mol. The summed E-state index contributed by atoms with van der Waals surface area (Å²) in [7, 11) is 1.28. The minimum Gasteiger partial charge on any atom is -0.508 e. The highest BCUT2D eigenvalue weighted by atomic mass is 16.5. The summed E-state index contributed by atoms with van der Waals surface area (Å²) in [6, 6.07) is 6.65. The minimum absolute atomic E-state index is 0.125. The maximum absolute atomic E-state index is 12.0. The molecule has 106 valence electrons. The fourth-order valence-electron chi connectivity index (χ4n) is 2.40. The third-order valence-electron chi connectivity index (χ3n) is 3.34. The van der Waals surface area contributed by atoms with Crippen LogP contribution in [-0.2, 0) is 14.3 Å². The van der Waals surface area contributed by atoms with E-state index in [0.29, 0.717) is 12.1 Å². The molecule has 2 atom stereocenters. The Labute approximate surface area is 117 Å². The number of anilines is 1. The highest BCUT2D eigenvalue weighted by Crippen LogP contribution is 2.29. The zero-order valence-corrected chi connectivity index (χ0v) is 11.4. The van der Waals surface area contributed by atoms with Crippen molar-refractivity contribution < 1.29 is 19.4 Å². The molecule has 5 nitrogen and oxygen atoms in total. The molecule has 1 aliphatic carbocycles. The van der Waals surface area contributed by atoms with Crippen molar-refractivity contribution in [3.8, 4) is 5.75 Å². The normalized spacial score (nSPS) is 22.1. The first-order valence-corrected chi connectivity index (χ1v) is 6.39. The highest BCUT2D eigenvalue weighted by Gasteiger charge is 2.35. The van der Waals surface area contributed by atoms with Gasteiger partial charge in [0.2, 0.25) is 0 Å². The monoisotopic (exact) mass is 275 g/mol. The average Bonchev–Trinajstić information content (AvgIpc) is 2.37. The molecule has 0 bridgehead atoms. The number of carbonyl (C=O) groups excluding carboxylic acids is 2. The molecular formula is C15H17NO4. The number of carbonyl (C=O) groups is 2. The Kier molecular flexibility index (Phi) is 4.08. The number of aromatic hydroxyl groups is 1. The third-order valence-corrected chi connectivity index (χ3v) is 3.34. The lowest BCUT2D eigenvalue weighted by atomic mass is 9.82. The Hall–Kier alpha value is -2.30. The van der Waals surface area contributed by atoms with Crippen LogP contribution in [0.15, 0.2) is 36.0 Å². The molecule has 1 aromatic rings. The first-order valence-electron chi connectivity index (χ1n) is 6.39. The first-order chi connectivity index (χ1) is 9.51. The van der Waals surface area contributed by atoms with Crippen LogP contribution in [0.25, 0.3) is 0 Å². The molecule has 5 heteroatoms. The molecule has 20 heavy (non-hydrogen) atoms. The van der Waals surface area contributed by atoms with Crippen LogP contribution in [0.5, 0.6) is 5.75 Å². The third kappa shape index (κ3) is 2.99. The maximum Gasteiger partial charge on any atom is 0.316 e. The molecule has 0 saturated heterocycles. The molecule has 0 aromatic heterocycles. The molecule has 2 N–H and O–H groups in total. The number of rotatable bonds is 3. The molecule has 0 unspecified atom stereocenters. The van der Waals surface area contributed by atoms with Crippen molar-refractivity contribution in [3.63, 3.8) is 0 Å². The topological polar surface area (TPSA) is 75.6 Å². The molecule has 0 spiro atoms. The second kappa shape index (κ2) is 5.77. The summed E-state index contributed by atoms with van der Waals surface area (Å²) in [4.78, 5) is 23.6. The molecule has 0 fully saturated rings. The van der Waals surface area contributed by atoms with E-state index in [1.54, 1.807) is 24.3 Å². The second-order valence-electron chi connectivity index (χ2n) is 4.93. The van der Waals surface area contributed by atoms with E-state index in [-0.39, 0.29) is 17.5 Å². The van der Waals surface area contributed by atoms with Gasteiger partial charge in [0.05, 0.1) is 7.11 Å². The quantitative estimate of drug-likeness (QED) is 0.652. The SMILES string of the molecule is COC(=O)[C@@H]1C(=O)C=C(Nc2cccc(O)c2)C[C@H]1C. The minimum atomic E-state index is -0.727. The van der Waals surface area contributed by atoms with E-state index in [9.17, 15) is 14.7 Å². The van der Waals surface area contributed by atoms with Crippen LogP contribution >= 0.6 is 0 Å².